The van der Waals surface area contributed by atoms with Gasteiger partial charge >= 0.3 is 24.0 Å². The first kappa shape index (κ1) is 17.2. The highest BCUT2D eigenvalue weighted by Gasteiger charge is 2.20. The Balaban J connectivity index is 3.97. The zero-order valence-electron chi connectivity index (χ0n) is 10.3. The molecule has 0 heterocycles. The van der Waals surface area contributed by atoms with Crippen LogP contribution in [0.5, 0.6) is 0 Å². The van der Waals surface area contributed by atoms with E-state index in [1.807, 2.05) is 0 Å². The second kappa shape index (κ2) is 9.13. The number of primary amides is 2. The fraction of sp³-hybridized carbons (Fsp3) is 0.444. The molecule has 0 aliphatic heterocycles. The molecular formula is C9H14N4O7. The van der Waals surface area contributed by atoms with Gasteiger partial charge in [0.25, 0.3) is 0 Å². The molecule has 0 radical (unpaired) electrons. The highest BCUT2D eigenvalue weighted by Crippen LogP contribution is 2.08. The first-order chi connectivity index (χ1) is 9.36. The molecule has 0 aromatic rings. The average molecular weight is 290 g/mol. The molecule has 0 saturated carbocycles. The third-order valence-electron chi connectivity index (χ3n) is 1.88. The number of aldehydes is 1. The van der Waals surface area contributed by atoms with Crippen molar-refractivity contribution < 1.29 is 33.6 Å². The van der Waals surface area contributed by atoms with Gasteiger partial charge in [-0.3, -0.25) is 0 Å². The summed E-state index contributed by atoms with van der Waals surface area (Å²) in [6, 6.07) is -2.13. The van der Waals surface area contributed by atoms with Crippen LogP contribution in [0.4, 0.5) is 9.59 Å². The molecule has 0 rings (SSSR count). The zero-order chi connectivity index (χ0) is 15.5. The van der Waals surface area contributed by atoms with Crippen molar-refractivity contribution in [1.82, 2.24) is 11.0 Å². The molecule has 11 heteroatoms. The summed E-state index contributed by atoms with van der Waals surface area (Å²) in [5.74, 6) is -2.97. The maximum Gasteiger partial charge on any atom is 0.345 e. The van der Waals surface area contributed by atoms with Gasteiger partial charge in [0, 0.05) is 6.42 Å². The molecule has 0 aromatic heterocycles. The van der Waals surface area contributed by atoms with Gasteiger partial charge in [0.05, 0.1) is 0 Å². The number of hydrogen-bond acceptors (Lipinski definition) is 7. The smallest absolute Gasteiger partial charge is 0.345 e. The van der Waals surface area contributed by atoms with Gasteiger partial charge in [0.1, 0.15) is 12.2 Å². The SMILES string of the molecule is NC(=O)NOC(=O)CCCC(C=O)C(=O)ONC(N)=O. The molecule has 1 atom stereocenters. The summed E-state index contributed by atoms with van der Waals surface area (Å²) in [6.07, 6.45) is 0.224. The lowest BCUT2D eigenvalue weighted by atomic mass is 10.0. The molecule has 0 aliphatic rings. The van der Waals surface area contributed by atoms with E-state index in [4.69, 9.17) is 0 Å². The van der Waals surface area contributed by atoms with E-state index >= 15 is 0 Å². The van der Waals surface area contributed by atoms with E-state index < -0.39 is 29.9 Å². The fourth-order valence-corrected chi connectivity index (χ4v) is 1.04. The Morgan fingerprint density at radius 3 is 2.10 bits per heavy atom. The Morgan fingerprint density at radius 1 is 1.05 bits per heavy atom. The summed E-state index contributed by atoms with van der Waals surface area (Å²) in [5.41, 5.74) is 12.5. The molecule has 0 spiro atoms. The molecule has 6 N–H and O–H groups in total. The highest BCUT2D eigenvalue weighted by atomic mass is 16.7. The molecule has 11 nitrogen and oxygen atoms in total. The van der Waals surface area contributed by atoms with Crippen molar-refractivity contribution in [2.45, 2.75) is 19.3 Å². The average Bonchev–Trinajstić information content (AvgIpc) is 2.38. The lowest BCUT2D eigenvalue weighted by molar-refractivity contribution is -0.155. The zero-order valence-corrected chi connectivity index (χ0v) is 10.3. The van der Waals surface area contributed by atoms with Gasteiger partial charge < -0.3 is 25.9 Å². The normalized spacial score (nSPS) is 10.8. The Hall–Kier alpha value is -2.85. The maximum absolute atomic E-state index is 11.3. The Morgan fingerprint density at radius 2 is 1.60 bits per heavy atom. The molecule has 0 saturated heterocycles. The monoisotopic (exact) mass is 290 g/mol. The van der Waals surface area contributed by atoms with Gasteiger partial charge in [-0.2, -0.15) is 11.0 Å². The highest BCUT2D eigenvalue weighted by molar-refractivity contribution is 5.88. The van der Waals surface area contributed by atoms with Crippen LogP contribution in [0.1, 0.15) is 19.3 Å². The molecule has 0 bridgehead atoms. The maximum atomic E-state index is 11.3. The van der Waals surface area contributed by atoms with Gasteiger partial charge in [-0.05, 0) is 12.8 Å². The number of carbonyl (C=O) groups excluding carboxylic acids is 5. The van der Waals surface area contributed by atoms with Crippen LogP contribution < -0.4 is 22.4 Å². The largest absolute Gasteiger partial charge is 0.349 e. The predicted molar refractivity (Wildman–Crippen MR) is 61.0 cm³/mol. The second-order valence-corrected chi connectivity index (χ2v) is 3.46. The fourth-order valence-electron chi connectivity index (χ4n) is 1.04. The van der Waals surface area contributed by atoms with Gasteiger partial charge in [-0.15, -0.1) is 0 Å². The van der Waals surface area contributed by atoms with Gasteiger partial charge in [0.2, 0.25) is 0 Å². The number of urea groups is 2. The molecule has 112 valence electrons. The molecule has 20 heavy (non-hydrogen) atoms. The summed E-state index contributed by atoms with van der Waals surface area (Å²) in [7, 11) is 0. The lowest BCUT2D eigenvalue weighted by Crippen LogP contribution is -2.34. The standard InChI is InChI=1S/C9H14N4O7/c10-8(17)12-19-6(15)3-1-2-5(4-14)7(16)20-13-9(11)18/h4-5H,1-3H2,(H3,10,12,17)(H3,11,13,18). The van der Waals surface area contributed by atoms with Gasteiger partial charge in [-0.25, -0.2) is 19.2 Å². The van der Waals surface area contributed by atoms with Crippen molar-refractivity contribution in [3.05, 3.63) is 0 Å². The van der Waals surface area contributed by atoms with Crippen molar-refractivity contribution in [3.8, 4) is 0 Å². The Bertz CT molecular complexity index is 398. The molecule has 0 aromatic carbocycles. The van der Waals surface area contributed by atoms with E-state index in [9.17, 15) is 24.0 Å². The van der Waals surface area contributed by atoms with Crippen LogP contribution in [0.3, 0.4) is 0 Å². The van der Waals surface area contributed by atoms with Gasteiger partial charge in [-0.1, -0.05) is 0 Å². The second-order valence-electron chi connectivity index (χ2n) is 3.46. The number of hydroxylamine groups is 2. The summed E-state index contributed by atoms with van der Waals surface area (Å²) in [5, 5.41) is 0. The van der Waals surface area contributed by atoms with E-state index in [2.05, 4.69) is 21.1 Å². The van der Waals surface area contributed by atoms with Crippen molar-refractivity contribution in [2.75, 3.05) is 0 Å². The summed E-state index contributed by atoms with van der Waals surface area (Å²) in [4.78, 5) is 61.9. The number of nitrogens with one attached hydrogen (secondary N) is 2. The van der Waals surface area contributed by atoms with Crippen LogP contribution in [0, 0.1) is 5.92 Å². The van der Waals surface area contributed by atoms with E-state index in [0.717, 1.165) is 0 Å². The minimum absolute atomic E-state index is 0.0194. The van der Waals surface area contributed by atoms with Crippen LogP contribution in [0.25, 0.3) is 0 Å². The predicted octanol–water partition coefficient (Wildman–Crippen LogP) is -1.78. The van der Waals surface area contributed by atoms with Crippen molar-refractivity contribution in [2.24, 2.45) is 17.4 Å². The van der Waals surface area contributed by atoms with E-state index in [0.29, 0.717) is 6.29 Å². The van der Waals surface area contributed by atoms with Gasteiger partial charge in [0.15, 0.2) is 0 Å². The third kappa shape index (κ3) is 8.27. The Kier molecular flexibility index (Phi) is 7.83. The van der Waals surface area contributed by atoms with Crippen LogP contribution >= 0.6 is 0 Å². The van der Waals surface area contributed by atoms with E-state index in [1.165, 1.54) is 0 Å². The lowest BCUT2D eigenvalue weighted by Gasteiger charge is -2.09. The van der Waals surface area contributed by atoms with Crippen molar-refractivity contribution in [1.29, 1.82) is 0 Å². The number of nitrogens with two attached hydrogens (primary N) is 2. The van der Waals surface area contributed by atoms with Crippen LogP contribution in [0.15, 0.2) is 0 Å². The number of carbonyl (C=O) groups is 5. The molecular weight excluding hydrogens is 276 g/mol. The van der Waals surface area contributed by atoms with Crippen LogP contribution in [-0.2, 0) is 24.1 Å². The first-order valence-corrected chi connectivity index (χ1v) is 5.33. The van der Waals surface area contributed by atoms with Crippen LogP contribution in [0.2, 0.25) is 0 Å². The van der Waals surface area contributed by atoms with E-state index in [-0.39, 0.29) is 19.3 Å². The number of hydrogen-bond donors (Lipinski definition) is 4. The van der Waals surface area contributed by atoms with Crippen LogP contribution in [-0.4, -0.2) is 30.3 Å². The quantitative estimate of drug-likeness (QED) is 0.253. The molecule has 4 amide bonds. The molecule has 1 unspecified atom stereocenters. The summed E-state index contributed by atoms with van der Waals surface area (Å²) < 4.78 is 0. The minimum Gasteiger partial charge on any atom is -0.349 e. The number of amides is 4. The minimum atomic E-state index is -1.17. The van der Waals surface area contributed by atoms with Crippen molar-refractivity contribution in [3.63, 3.8) is 0 Å². The first-order valence-electron chi connectivity index (χ1n) is 5.33. The molecule has 0 aliphatic carbocycles. The topological polar surface area (TPSA) is 180 Å². The van der Waals surface area contributed by atoms with Crippen molar-refractivity contribution >= 4 is 30.3 Å². The Labute approximate surface area is 112 Å². The molecule has 0 fully saturated rings. The summed E-state index contributed by atoms with van der Waals surface area (Å²) in [6.45, 7) is 0. The van der Waals surface area contributed by atoms with E-state index in [1.54, 1.807) is 11.0 Å². The summed E-state index contributed by atoms with van der Waals surface area (Å²) >= 11 is 0. The number of rotatable bonds is 6. The third-order valence-corrected chi connectivity index (χ3v) is 1.88.